The lowest BCUT2D eigenvalue weighted by atomic mass is 9.33. The smallest absolute Gasteiger partial charge is 0.252 e. The van der Waals surface area contributed by atoms with Crippen LogP contribution in [0.5, 0.6) is 0 Å². The maximum absolute atomic E-state index is 2.69. The zero-order valence-corrected chi connectivity index (χ0v) is 41.6. The van der Waals surface area contributed by atoms with Crippen LogP contribution in [0.3, 0.4) is 0 Å². The summed E-state index contributed by atoms with van der Waals surface area (Å²) in [6, 6.07) is 54.5. The summed E-state index contributed by atoms with van der Waals surface area (Å²) < 4.78 is 0. The summed E-state index contributed by atoms with van der Waals surface area (Å²) in [6.07, 6.45) is 4.73. The lowest BCUT2D eigenvalue weighted by Crippen LogP contribution is -2.62. The number of nitrogens with zero attached hydrogens (tertiary/aromatic N) is 2. The molecular weight excluding hydrogens is 796 g/mol. The van der Waals surface area contributed by atoms with Crippen LogP contribution in [0, 0.1) is 6.92 Å². The van der Waals surface area contributed by atoms with Crippen LogP contribution < -0.4 is 26.2 Å². The quantitative estimate of drug-likeness (QED) is 0.163. The first-order valence-electron chi connectivity index (χ1n) is 24.7. The van der Waals surface area contributed by atoms with Crippen molar-refractivity contribution in [3.05, 3.63) is 173 Å². The van der Waals surface area contributed by atoms with Gasteiger partial charge in [0, 0.05) is 34.0 Å². The molecule has 0 radical (unpaired) electrons. The molecule has 11 rings (SSSR count). The molecule has 0 saturated heterocycles. The first-order valence-corrected chi connectivity index (χ1v) is 24.7. The minimum Gasteiger partial charge on any atom is -0.311 e. The normalized spacial score (nSPS) is 18.2. The number of fused-ring (bicyclic) bond motifs is 6. The fourth-order valence-electron chi connectivity index (χ4n) is 12.3. The number of hydrogen-bond donors (Lipinski definition) is 0. The van der Waals surface area contributed by atoms with Crippen molar-refractivity contribution in [2.45, 2.75) is 136 Å². The molecule has 2 nitrogen and oxygen atoms in total. The van der Waals surface area contributed by atoms with E-state index in [1.54, 1.807) is 0 Å². The van der Waals surface area contributed by atoms with Crippen LogP contribution in [0.2, 0.25) is 0 Å². The van der Waals surface area contributed by atoms with Crippen molar-refractivity contribution in [3.63, 3.8) is 0 Å². The summed E-state index contributed by atoms with van der Waals surface area (Å²) in [6.45, 7) is 29.1. The SMILES string of the molecule is Cc1cc2c3c(c1)N(c1ccc(C(C)(C)C)cc1-c1ccccc1)c1cc(-c4ccccc4)ccc1B3c1cc3c(cc1N2c1ccc2c(c1)C(C)(C)CCC2(C)C)C(C)(C)CCC3(C)C. The highest BCUT2D eigenvalue weighted by Crippen LogP contribution is 2.53. The molecule has 0 amide bonds. The van der Waals surface area contributed by atoms with Gasteiger partial charge in [-0.25, -0.2) is 0 Å². The van der Waals surface area contributed by atoms with Crippen LogP contribution in [-0.4, -0.2) is 6.71 Å². The number of benzene rings is 7. The summed E-state index contributed by atoms with van der Waals surface area (Å²) in [5.41, 5.74) is 25.6. The minimum atomic E-state index is -0.0136. The third kappa shape index (κ3) is 6.65. The van der Waals surface area contributed by atoms with Crippen molar-refractivity contribution < 1.29 is 0 Å². The van der Waals surface area contributed by atoms with E-state index in [0.717, 1.165) is 0 Å². The molecule has 7 aromatic carbocycles. The number of hydrogen-bond acceptors (Lipinski definition) is 2. The van der Waals surface area contributed by atoms with Gasteiger partial charge in [-0.2, -0.15) is 0 Å². The van der Waals surface area contributed by atoms with Crippen molar-refractivity contribution >= 4 is 57.2 Å². The van der Waals surface area contributed by atoms with Crippen LogP contribution in [-0.2, 0) is 27.1 Å². The highest BCUT2D eigenvalue weighted by molar-refractivity contribution is 7.00. The van der Waals surface area contributed by atoms with Gasteiger partial charge in [0.1, 0.15) is 0 Å². The third-order valence-electron chi connectivity index (χ3n) is 16.6. The second kappa shape index (κ2) is 14.6. The average molecular weight is 863 g/mol. The van der Waals surface area contributed by atoms with E-state index in [-0.39, 0.29) is 33.8 Å². The lowest BCUT2D eigenvalue weighted by Gasteiger charge is -2.48. The van der Waals surface area contributed by atoms with Crippen molar-refractivity contribution in [3.8, 4) is 22.3 Å². The monoisotopic (exact) mass is 863 g/mol. The molecule has 0 spiro atoms. The fraction of sp³-hybridized carbons (Fsp3) is 0.333. The molecule has 0 fully saturated rings. The second-order valence-corrected chi connectivity index (χ2v) is 24.0. The zero-order valence-electron chi connectivity index (χ0n) is 41.6. The van der Waals surface area contributed by atoms with Gasteiger partial charge in [0.2, 0.25) is 0 Å². The second-order valence-electron chi connectivity index (χ2n) is 24.0. The van der Waals surface area contributed by atoms with Gasteiger partial charge in [0.25, 0.3) is 6.71 Å². The first-order chi connectivity index (χ1) is 31.2. The molecule has 0 saturated carbocycles. The van der Waals surface area contributed by atoms with Crippen molar-refractivity contribution in [1.29, 1.82) is 0 Å². The Morgan fingerprint density at radius 1 is 0.424 bits per heavy atom. The minimum absolute atomic E-state index is 0.0136. The summed E-state index contributed by atoms with van der Waals surface area (Å²) in [4.78, 5) is 5.34. The maximum atomic E-state index is 2.69. The van der Waals surface area contributed by atoms with Crippen molar-refractivity contribution in [2.75, 3.05) is 9.80 Å². The Labute approximate surface area is 396 Å². The van der Waals surface area contributed by atoms with Gasteiger partial charge in [-0.05, 0) is 175 Å². The van der Waals surface area contributed by atoms with Gasteiger partial charge in [-0.3, -0.25) is 0 Å². The van der Waals surface area contributed by atoms with E-state index in [0.29, 0.717) is 0 Å². The van der Waals surface area contributed by atoms with Crippen molar-refractivity contribution in [1.82, 2.24) is 0 Å². The van der Waals surface area contributed by atoms with Crippen LogP contribution in [0.25, 0.3) is 22.3 Å². The summed E-state index contributed by atoms with van der Waals surface area (Å²) >= 11 is 0. The summed E-state index contributed by atoms with van der Waals surface area (Å²) in [7, 11) is 0. The Hall–Kier alpha value is -5.80. The molecule has 2 aliphatic carbocycles. The fourth-order valence-corrected chi connectivity index (χ4v) is 12.3. The number of aryl methyl sites for hydroxylation is 1. The van der Waals surface area contributed by atoms with Gasteiger partial charge in [-0.1, -0.05) is 167 Å². The summed E-state index contributed by atoms with van der Waals surface area (Å²) in [5, 5.41) is 0. The molecule has 0 atom stereocenters. The first kappa shape index (κ1) is 42.8. The molecule has 332 valence electrons. The van der Waals surface area contributed by atoms with Crippen LogP contribution in [0.15, 0.2) is 140 Å². The van der Waals surface area contributed by atoms with E-state index in [1.807, 2.05) is 0 Å². The molecule has 2 aliphatic heterocycles. The van der Waals surface area contributed by atoms with E-state index in [1.165, 1.54) is 132 Å². The lowest BCUT2D eigenvalue weighted by molar-refractivity contribution is 0.332. The maximum Gasteiger partial charge on any atom is 0.252 e. The topological polar surface area (TPSA) is 6.48 Å². The molecule has 0 aromatic heterocycles. The Morgan fingerprint density at radius 3 is 1.59 bits per heavy atom. The van der Waals surface area contributed by atoms with Crippen LogP contribution in [0.1, 0.15) is 135 Å². The van der Waals surface area contributed by atoms with Gasteiger partial charge < -0.3 is 9.80 Å². The Morgan fingerprint density at radius 2 is 0.970 bits per heavy atom. The highest BCUT2D eigenvalue weighted by Gasteiger charge is 2.47. The van der Waals surface area contributed by atoms with Crippen LogP contribution >= 0.6 is 0 Å². The van der Waals surface area contributed by atoms with Gasteiger partial charge >= 0.3 is 0 Å². The van der Waals surface area contributed by atoms with E-state index in [2.05, 4.69) is 232 Å². The number of anilines is 6. The molecule has 3 heteroatoms. The van der Waals surface area contributed by atoms with Crippen LogP contribution in [0.4, 0.5) is 34.1 Å². The number of rotatable bonds is 4. The molecule has 0 N–H and O–H groups in total. The van der Waals surface area contributed by atoms with Crippen molar-refractivity contribution in [2.24, 2.45) is 0 Å². The largest absolute Gasteiger partial charge is 0.311 e. The standard InChI is InChI=1S/C63H67BN2/c1-40-33-56-58-57(34-40)66(53-28-24-44(59(2,3)4)36-46(53)42-21-17-14-18-22-42)54-35-43(41-19-15-13-16-20-41)23-27-51(54)64(58)52-38-49-50(63(11,12)32-31-62(49,9)10)39-55(52)65(56)45-25-26-47-48(37-45)61(7,8)30-29-60(47,5)6/h13-28,33-39H,29-32H2,1-12H3. The van der Waals surface area contributed by atoms with Gasteiger partial charge in [-0.15, -0.1) is 0 Å². The molecule has 66 heavy (non-hydrogen) atoms. The van der Waals surface area contributed by atoms with E-state index >= 15 is 0 Å². The Balaban J connectivity index is 1.26. The highest BCUT2D eigenvalue weighted by atomic mass is 15.2. The molecule has 0 unspecified atom stereocenters. The predicted molar refractivity (Wildman–Crippen MR) is 285 cm³/mol. The molecule has 2 heterocycles. The molecule has 0 bridgehead atoms. The predicted octanol–water partition coefficient (Wildman–Crippen LogP) is 15.4. The van der Waals surface area contributed by atoms with E-state index in [4.69, 9.17) is 0 Å². The molecule has 4 aliphatic rings. The van der Waals surface area contributed by atoms with E-state index < -0.39 is 0 Å². The average Bonchev–Trinajstić information content (AvgIpc) is 3.29. The van der Waals surface area contributed by atoms with Gasteiger partial charge in [0.05, 0.1) is 5.69 Å². The van der Waals surface area contributed by atoms with E-state index in [9.17, 15) is 0 Å². The molecular formula is C63H67BN2. The third-order valence-corrected chi connectivity index (χ3v) is 16.6. The zero-order chi connectivity index (χ0) is 46.3. The molecule has 7 aromatic rings. The Bertz CT molecular complexity index is 3090. The van der Waals surface area contributed by atoms with Gasteiger partial charge in [0.15, 0.2) is 0 Å². The summed E-state index contributed by atoms with van der Waals surface area (Å²) in [5.74, 6) is 0. The Kier molecular flexibility index (Phi) is 9.47.